The zero-order valence-electron chi connectivity index (χ0n) is 7.75. The van der Waals surface area contributed by atoms with Gasteiger partial charge in [-0.1, -0.05) is 22.0 Å². The van der Waals surface area contributed by atoms with Crippen LogP contribution in [0, 0.1) is 0 Å². The molecule has 1 atom stereocenters. The van der Waals surface area contributed by atoms with Crippen LogP contribution in [0.15, 0.2) is 22.7 Å². The van der Waals surface area contributed by atoms with Gasteiger partial charge in [0.2, 0.25) is 0 Å². The van der Waals surface area contributed by atoms with E-state index in [0.29, 0.717) is 13.2 Å². The summed E-state index contributed by atoms with van der Waals surface area (Å²) in [5, 5.41) is 2.80. The van der Waals surface area contributed by atoms with E-state index in [1.807, 2.05) is 18.2 Å². The molecule has 1 N–H and O–H groups in total. The van der Waals surface area contributed by atoms with Gasteiger partial charge in [0.05, 0.1) is 0 Å². The maximum atomic E-state index is 11.1. The van der Waals surface area contributed by atoms with Crippen molar-refractivity contribution in [3.63, 3.8) is 0 Å². The van der Waals surface area contributed by atoms with Gasteiger partial charge in [0.25, 0.3) is 0 Å². The Morgan fingerprint density at radius 3 is 2.87 bits per heavy atom. The lowest BCUT2D eigenvalue weighted by Gasteiger charge is -2.17. The minimum Gasteiger partial charge on any atom is -0.490 e. The van der Waals surface area contributed by atoms with E-state index in [9.17, 15) is 4.79 Å². The maximum Gasteiger partial charge on any atom is 0.408 e. The first-order valence-electron chi connectivity index (χ1n) is 4.57. The smallest absolute Gasteiger partial charge is 0.408 e. The first-order chi connectivity index (χ1) is 7.20. The number of nitrogens with one attached hydrogen (secondary N) is 1. The van der Waals surface area contributed by atoms with E-state index < -0.39 is 5.54 Å². The summed E-state index contributed by atoms with van der Waals surface area (Å²) in [6.45, 7) is 0.769. The van der Waals surface area contributed by atoms with E-state index in [0.717, 1.165) is 15.8 Å². The lowest BCUT2D eigenvalue weighted by Crippen LogP contribution is -2.41. The topological polar surface area (TPSA) is 47.6 Å². The highest BCUT2D eigenvalue weighted by atomic mass is 79.9. The average Bonchev–Trinajstić information content (AvgIpc) is 2.73. The Bertz CT molecular complexity index is 448. The number of hydrogen-bond donors (Lipinski definition) is 1. The second-order valence-electron chi connectivity index (χ2n) is 3.71. The molecule has 0 saturated carbocycles. The molecule has 3 rings (SSSR count). The van der Waals surface area contributed by atoms with Gasteiger partial charge >= 0.3 is 6.09 Å². The number of fused-ring (bicyclic) bond motifs is 2. The number of halogens is 1. The number of alkyl carbamates (subject to hydrolysis) is 1. The molecule has 0 unspecified atom stereocenters. The molecule has 1 spiro atoms. The molecule has 0 bridgehead atoms. The summed E-state index contributed by atoms with van der Waals surface area (Å²) in [5.41, 5.74) is 0.504. The van der Waals surface area contributed by atoms with Crippen molar-refractivity contribution in [3.8, 4) is 5.75 Å². The van der Waals surface area contributed by atoms with Crippen LogP contribution in [0.5, 0.6) is 5.75 Å². The van der Waals surface area contributed by atoms with Crippen molar-refractivity contribution in [3.05, 3.63) is 28.2 Å². The van der Waals surface area contributed by atoms with Gasteiger partial charge in [0, 0.05) is 10.0 Å². The van der Waals surface area contributed by atoms with Gasteiger partial charge in [-0.2, -0.15) is 0 Å². The summed E-state index contributed by atoms with van der Waals surface area (Å²) in [4.78, 5) is 11.1. The van der Waals surface area contributed by atoms with Crippen LogP contribution in [0.1, 0.15) is 5.56 Å². The highest BCUT2D eigenvalue weighted by Crippen LogP contribution is 2.40. The van der Waals surface area contributed by atoms with Crippen molar-refractivity contribution in [1.29, 1.82) is 0 Å². The van der Waals surface area contributed by atoms with Crippen molar-refractivity contribution >= 4 is 22.0 Å². The van der Waals surface area contributed by atoms with E-state index >= 15 is 0 Å². The van der Waals surface area contributed by atoms with Crippen molar-refractivity contribution in [1.82, 2.24) is 5.32 Å². The third-order valence-electron chi connectivity index (χ3n) is 2.72. The molecule has 1 fully saturated rings. The first kappa shape index (κ1) is 9.03. The maximum absolute atomic E-state index is 11.1. The molecule has 1 amide bonds. The number of hydrogen-bond acceptors (Lipinski definition) is 3. The van der Waals surface area contributed by atoms with E-state index in [1.165, 1.54) is 0 Å². The molecular weight excluding hydrogens is 262 g/mol. The van der Waals surface area contributed by atoms with Crippen LogP contribution in [0.4, 0.5) is 4.79 Å². The molecule has 4 nitrogen and oxygen atoms in total. The Hall–Kier alpha value is -1.23. The molecule has 1 aromatic carbocycles. The number of carbonyl (C=O) groups is 1. The van der Waals surface area contributed by atoms with Crippen LogP contribution in [0.25, 0.3) is 0 Å². The van der Waals surface area contributed by atoms with Crippen LogP contribution in [-0.4, -0.2) is 19.3 Å². The monoisotopic (exact) mass is 269 g/mol. The number of benzene rings is 1. The molecule has 2 heterocycles. The van der Waals surface area contributed by atoms with Crippen molar-refractivity contribution in [2.45, 2.75) is 5.54 Å². The predicted molar refractivity (Wildman–Crippen MR) is 55.8 cm³/mol. The van der Waals surface area contributed by atoms with E-state index in [2.05, 4.69) is 21.2 Å². The third kappa shape index (κ3) is 1.23. The molecule has 2 aliphatic rings. The van der Waals surface area contributed by atoms with Crippen LogP contribution >= 0.6 is 15.9 Å². The van der Waals surface area contributed by atoms with Gasteiger partial charge in [-0.15, -0.1) is 0 Å². The third-order valence-corrected chi connectivity index (χ3v) is 3.22. The second-order valence-corrected chi connectivity index (χ2v) is 4.63. The van der Waals surface area contributed by atoms with Crippen LogP contribution in [0.2, 0.25) is 0 Å². The number of cyclic esters (lactones) is 1. The van der Waals surface area contributed by atoms with E-state index in [4.69, 9.17) is 9.47 Å². The predicted octanol–water partition coefficient (Wildman–Crippen LogP) is 1.78. The summed E-state index contributed by atoms with van der Waals surface area (Å²) >= 11 is 3.38. The number of ether oxygens (including phenoxy) is 2. The Morgan fingerprint density at radius 1 is 1.33 bits per heavy atom. The fraction of sp³-hybridized carbons (Fsp3) is 0.300. The van der Waals surface area contributed by atoms with Gasteiger partial charge in [-0.3, -0.25) is 0 Å². The van der Waals surface area contributed by atoms with Crippen molar-refractivity contribution < 1.29 is 14.3 Å². The molecular formula is C10H8BrNO3. The zero-order chi connectivity index (χ0) is 10.5. The fourth-order valence-electron chi connectivity index (χ4n) is 1.97. The van der Waals surface area contributed by atoms with Crippen LogP contribution in [-0.2, 0) is 10.3 Å². The van der Waals surface area contributed by atoms with E-state index in [-0.39, 0.29) is 6.09 Å². The molecule has 15 heavy (non-hydrogen) atoms. The highest BCUT2D eigenvalue weighted by Gasteiger charge is 2.47. The normalized spacial score (nSPS) is 27.1. The molecule has 0 radical (unpaired) electrons. The molecule has 78 valence electrons. The zero-order valence-corrected chi connectivity index (χ0v) is 9.33. The number of rotatable bonds is 0. The Balaban J connectivity index is 2.08. The van der Waals surface area contributed by atoms with Crippen LogP contribution in [0.3, 0.4) is 0 Å². The van der Waals surface area contributed by atoms with Gasteiger partial charge in [0.1, 0.15) is 24.5 Å². The number of amides is 1. The molecule has 1 aromatic rings. The molecule has 0 aromatic heterocycles. The summed E-state index contributed by atoms with van der Waals surface area (Å²) in [5.74, 6) is 0.801. The molecule has 1 saturated heterocycles. The minimum absolute atomic E-state index is 0.334. The standard InChI is InChI=1S/C10H8BrNO3/c11-6-1-2-7-8(3-6)14-4-10(7)5-15-9(13)12-10/h1-3H,4-5H2,(H,12,13)/t10-/m1/s1. The van der Waals surface area contributed by atoms with Crippen molar-refractivity contribution in [2.24, 2.45) is 0 Å². The molecule has 5 heteroatoms. The van der Waals surface area contributed by atoms with Gasteiger partial charge in [-0.25, -0.2) is 4.79 Å². The lowest BCUT2D eigenvalue weighted by molar-refractivity contribution is 0.167. The van der Waals surface area contributed by atoms with Gasteiger partial charge < -0.3 is 14.8 Å². The number of carbonyl (C=O) groups excluding carboxylic acids is 1. The fourth-order valence-corrected chi connectivity index (χ4v) is 2.31. The Morgan fingerprint density at radius 2 is 2.13 bits per heavy atom. The first-order valence-corrected chi connectivity index (χ1v) is 5.37. The highest BCUT2D eigenvalue weighted by molar-refractivity contribution is 9.10. The largest absolute Gasteiger partial charge is 0.490 e. The average molecular weight is 270 g/mol. The van der Waals surface area contributed by atoms with Gasteiger partial charge in [-0.05, 0) is 12.1 Å². The Labute approximate surface area is 94.7 Å². The SMILES string of the molecule is O=C1N[C@@]2(CO1)COc1cc(Br)ccc12. The summed E-state index contributed by atoms with van der Waals surface area (Å²) in [7, 11) is 0. The second kappa shape index (κ2) is 2.88. The lowest BCUT2D eigenvalue weighted by atomic mass is 9.94. The van der Waals surface area contributed by atoms with E-state index in [1.54, 1.807) is 0 Å². The Kier molecular flexibility index (Phi) is 1.74. The summed E-state index contributed by atoms with van der Waals surface area (Å²) in [6.07, 6.45) is -0.380. The molecule has 0 aliphatic carbocycles. The quantitative estimate of drug-likeness (QED) is 0.781. The summed E-state index contributed by atoms with van der Waals surface area (Å²) in [6, 6.07) is 5.77. The van der Waals surface area contributed by atoms with Crippen LogP contribution < -0.4 is 10.1 Å². The summed E-state index contributed by atoms with van der Waals surface area (Å²) < 4.78 is 11.4. The minimum atomic E-state index is -0.479. The molecule has 2 aliphatic heterocycles. The van der Waals surface area contributed by atoms with Gasteiger partial charge in [0.15, 0.2) is 0 Å². The van der Waals surface area contributed by atoms with Crippen molar-refractivity contribution in [2.75, 3.05) is 13.2 Å².